The second kappa shape index (κ2) is 9.09. The van der Waals surface area contributed by atoms with Gasteiger partial charge in [0.15, 0.2) is 0 Å². The smallest absolute Gasteiger partial charge is 0.254 e. The van der Waals surface area contributed by atoms with Crippen molar-refractivity contribution in [1.82, 2.24) is 5.32 Å². The molecule has 0 saturated carbocycles. The third-order valence-corrected chi connectivity index (χ3v) is 3.58. The predicted octanol–water partition coefficient (Wildman–Crippen LogP) is 3.02. The van der Waals surface area contributed by atoms with Gasteiger partial charge in [0.1, 0.15) is 5.75 Å². The Labute approximate surface area is 153 Å². The number of terminal acetylenes is 1. The highest BCUT2D eigenvalue weighted by Crippen LogP contribution is 2.21. The van der Waals surface area contributed by atoms with Crippen molar-refractivity contribution in [2.45, 2.75) is 6.92 Å². The van der Waals surface area contributed by atoms with E-state index in [1.807, 2.05) is 25.1 Å². The summed E-state index contributed by atoms with van der Waals surface area (Å²) in [5.41, 5.74) is 2.61. The molecule has 0 saturated heterocycles. The standard InChI is InChI=1S/C21H20N2O3/c1-4-13-22-21(25)17-7-5-6-8-18(17)23-20(24)12-10-16-14-15(2)9-11-19(16)26-3/h1,5-12,14H,13H2,2-3H3,(H,22,25)(H,23,24)/b12-10+. The number of anilines is 1. The van der Waals surface area contributed by atoms with Crippen LogP contribution >= 0.6 is 0 Å². The van der Waals surface area contributed by atoms with Gasteiger partial charge < -0.3 is 15.4 Å². The minimum atomic E-state index is -0.356. The quantitative estimate of drug-likeness (QED) is 0.623. The van der Waals surface area contributed by atoms with Crippen LogP contribution in [0.2, 0.25) is 0 Å². The van der Waals surface area contributed by atoms with Crippen molar-refractivity contribution in [3.8, 4) is 18.1 Å². The van der Waals surface area contributed by atoms with Gasteiger partial charge in [-0.1, -0.05) is 29.7 Å². The van der Waals surface area contributed by atoms with Gasteiger partial charge in [0.2, 0.25) is 5.91 Å². The number of carbonyl (C=O) groups is 2. The number of para-hydroxylation sites is 1. The van der Waals surface area contributed by atoms with E-state index in [0.29, 0.717) is 17.0 Å². The molecule has 2 N–H and O–H groups in total. The molecule has 0 bridgehead atoms. The molecule has 2 rings (SSSR count). The topological polar surface area (TPSA) is 67.4 Å². The molecule has 2 aromatic rings. The molecular weight excluding hydrogens is 328 g/mol. The minimum absolute atomic E-state index is 0.119. The number of ether oxygens (including phenoxy) is 1. The van der Waals surface area contributed by atoms with Crippen LogP contribution in [0.25, 0.3) is 6.08 Å². The Hall–Kier alpha value is -3.52. The normalized spacial score (nSPS) is 10.2. The lowest BCUT2D eigenvalue weighted by molar-refractivity contribution is -0.111. The molecule has 0 unspecified atom stereocenters. The third-order valence-electron chi connectivity index (χ3n) is 3.58. The number of benzene rings is 2. The summed E-state index contributed by atoms with van der Waals surface area (Å²) in [5, 5.41) is 5.29. The molecule has 2 amide bonds. The lowest BCUT2D eigenvalue weighted by Gasteiger charge is -2.09. The number of aryl methyl sites for hydroxylation is 1. The molecule has 0 aliphatic rings. The van der Waals surface area contributed by atoms with Gasteiger partial charge in [0.25, 0.3) is 5.91 Å². The SMILES string of the molecule is C#CCNC(=O)c1ccccc1NC(=O)/C=C/c1cc(C)ccc1OC. The molecule has 0 spiro atoms. The van der Waals surface area contributed by atoms with Gasteiger partial charge in [-0.15, -0.1) is 6.42 Å². The number of hydrogen-bond acceptors (Lipinski definition) is 3. The highest BCUT2D eigenvalue weighted by Gasteiger charge is 2.11. The van der Waals surface area contributed by atoms with Crippen molar-refractivity contribution < 1.29 is 14.3 Å². The van der Waals surface area contributed by atoms with E-state index in [0.717, 1.165) is 11.1 Å². The van der Waals surface area contributed by atoms with Crippen LogP contribution in [0.15, 0.2) is 48.5 Å². The highest BCUT2D eigenvalue weighted by atomic mass is 16.5. The second-order valence-corrected chi connectivity index (χ2v) is 5.50. The van der Waals surface area contributed by atoms with Crippen molar-refractivity contribution in [2.75, 3.05) is 19.0 Å². The van der Waals surface area contributed by atoms with Gasteiger partial charge in [-0.05, 0) is 37.3 Å². The first-order valence-corrected chi connectivity index (χ1v) is 7.99. The molecular formula is C21H20N2O3. The fourth-order valence-corrected chi connectivity index (χ4v) is 2.34. The van der Waals surface area contributed by atoms with Crippen LogP contribution < -0.4 is 15.4 Å². The van der Waals surface area contributed by atoms with E-state index in [2.05, 4.69) is 16.6 Å². The van der Waals surface area contributed by atoms with Crippen LogP contribution in [-0.2, 0) is 4.79 Å². The van der Waals surface area contributed by atoms with Gasteiger partial charge in [0, 0.05) is 11.6 Å². The van der Waals surface area contributed by atoms with Crippen LogP contribution in [-0.4, -0.2) is 25.5 Å². The first-order chi connectivity index (χ1) is 12.5. The van der Waals surface area contributed by atoms with Gasteiger partial charge in [-0.3, -0.25) is 9.59 Å². The number of rotatable bonds is 6. The summed E-state index contributed by atoms with van der Waals surface area (Å²) in [6.07, 6.45) is 8.21. The van der Waals surface area contributed by atoms with Crippen LogP contribution in [0.1, 0.15) is 21.5 Å². The largest absolute Gasteiger partial charge is 0.496 e. The van der Waals surface area contributed by atoms with Crippen molar-refractivity contribution in [3.05, 3.63) is 65.2 Å². The molecule has 0 aliphatic heterocycles. The first-order valence-electron chi connectivity index (χ1n) is 7.99. The molecule has 0 radical (unpaired) electrons. The first kappa shape index (κ1) is 18.8. The molecule has 5 heteroatoms. The second-order valence-electron chi connectivity index (χ2n) is 5.50. The summed E-state index contributed by atoms with van der Waals surface area (Å²) in [4.78, 5) is 24.4. The fraction of sp³-hybridized carbons (Fsp3) is 0.143. The molecule has 132 valence electrons. The van der Waals surface area contributed by atoms with Crippen molar-refractivity contribution in [2.24, 2.45) is 0 Å². The van der Waals surface area contributed by atoms with Gasteiger partial charge >= 0.3 is 0 Å². The average molecular weight is 348 g/mol. The Kier molecular flexibility index (Phi) is 6.58. The highest BCUT2D eigenvalue weighted by molar-refractivity contribution is 6.07. The maximum absolute atomic E-state index is 12.3. The summed E-state index contributed by atoms with van der Waals surface area (Å²) < 4.78 is 5.29. The predicted molar refractivity (Wildman–Crippen MR) is 103 cm³/mol. The minimum Gasteiger partial charge on any atom is -0.496 e. The summed E-state index contributed by atoms with van der Waals surface area (Å²) >= 11 is 0. The Balaban J connectivity index is 2.15. The van der Waals surface area contributed by atoms with E-state index in [-0.39, 0.29) is 18.4 Å². The molecule has 0 aromatic heterocycles. The molecule has 0 heterocycles. The number of carbonyl (C=O) groups excluding carboxylic acids is 2. The van der Waals surface area contributed by atoms with E-state index < -0.39 is 0 Å². The van der Waals surface area contributed by atoms with Gasteiger partial charge in [-0.25, -0.2) is 0 Å². The molecule has 26 heavy (non-hydrogen) atoms. The summed E-state index contributed by atoms with van der Waals surface area (Å²) in [7, 11) is 1.58. The zero-order valence-electron chi connectivity index (χ0n) is 14.7. The molecule has 5 nitrogen and oxygen atoms in total. The molecule has 0 fully saturated rings. The Morgan fingerprint density at radius 3 is 2.73 bits per heavy atom. The van der Waals surface area contributed by atoms with Gasteiger partial charge in [0.05, 0.1) is 24.9 Å². The van der Waals surface area contributed by atoms with E-state index in [1.165, 1.54) is 6.08 Å². The summed E-state index contributed by atoms with van der Waals surface area (Å²) in [6.45, 7) is 2.08. The molecule has 0 aliphatic carbocycles. The van der Waals surface area contributed by atoms with E-state index in [4.69, 9.17) is 11.2 Å². The lowest BCUT2D eigenvalue weighted by atomic mass is 10.1. The summed E-state index contributed by atoms with van der Waals surface area (Å²) in [6, 6.07) is 12.4. The van der Waals surface area contributed by atoms with Crippen LogP contribution in [0.3, 0.4) is 0 Å². The molecule has 2 aromatic carbocycles. The monoisotopic (exact) mass is 348 g/mol. The lowest BCUT2D eigenvalue weighted by Crippen LogP contribution is -2.25. The van der Waals surface area contributed by atoms with Crippen molar-refractivity contribution in [3.63, 3.8) is 0 Å². The number of methoxy groups -OCH3 is 1. The maximum Gasteiger partial charge on any atom is 0.254 e. The van der Waals surface area contributed by atoms with Crippen molar-refractivity contribution >= 4 is 23.6 Å². The Morgan fingerprint density at radius 2 is 2.00 bits per heavy atom. The van der Waals surface area contributed by atoms with Crippen LogP contribution in [0.5, 0.6) is 5.75 Å². The van der Waals surface area contributed by atoms with E-state index in [9.17, 15) is 9.59 Å². The zero-order chi connectivity index (χ0) is 18.9. The van der Waals surface area contributed by atoms with Crippen LogP contribution in [0.4, 0.5) is 5.69 Å². The van der Waals surface area contributed by atoms with E-state index >= 15 is 0 Å². The molecule has 0 atom stereocenters. The van der Waals surface area contributed by atoms with E-state index in [1.54, 1.807) is 37.5 Å². The average Bonchev–Trinajstić information content (AvgIpc) is 2.65. The number of hydrogen-bond donors (Lipinski definition) is 2. The summed E-state index contributed by atoms with van der Waals surface area (Å²) in [5.74, 6) is 2.31. The number of nitrogens with one attached hydrogen (secondary N) is 2. The third kappa shape index (κ3) is 4.99. The Bertz CT molecular complexity index is 879. The fourth-order valence-electron chi connectivity index (χ4n) is 2.34. The maximum atomic E-state index is 12.3. The van der Waals surface area contributed by atoms with Gasteiger partial charge in [-0.2, -0.15) is 0 Å². The van der Waals surface area contributed by atoms with Crippen molar-refractivity contribution in [1.29, 1.82) is 0 Å². The number of amides is 2. The Morgan fingerprint density at radius 1 is 1.23 bits per heavy atom. The zero-order valence-corrected chi connectivity index (χ0v) is 14.7. The van der Waals surface area contributed by atoms with Crippen LogP contribution in [0, 0.1) is 19.3 Å².